The first-order valence-electron chi connectivity index (χ1n) is 11.0. The van der Waals surface area contributed by atoms with E-state index in [2.05, 4.69) is 0 Å². The van der Waals surface area contributed by atoms with E-state index in [0.717, 1.165) is 16.2 Å². The number of hydrogen-bond donors (Lipinski definition) is 1. The van der Waals surface area contributed by atoms with Crippen molar-refractivity contribution in [3.63, 3.8) is 0 Å². The lowest BCUT2D eigenvalue weighted by molar-refractivity contribution is -0.140. The molecule has 1 amide bonds. The first kappa shape index (κ1) is 22.9. The number of carbonyl (C=O) groups is 2. The van der Waals surface area contributed by atoms with E-state index >= 15 is 0 Å². The zero-order valence-electron chi connectivity index (χ0n) is 19.1. The SMILES string of the molecule is CCOc1ccc(/C(O)=C2/C(=O)C(=O)N(Cc3cccs3)C2c2ccc(C)o2)cc1C(C)C. The molecule has 1 aliphatic rings. The predicted octanol–water partition coefficient (Wildman–Crippen LogP) is 5.79. The smallest absolute Gasteiger partial charge is 0.296 e. The molecule has 1 atom stereocenters. The van der Waals surface area contributed by atoms with Crippen LogP contribution in [0, 0.1) is 6.92 Å². The van der Waals surface area contributed by atoms with E-state index < -0.39 is 17.7 Å². The Bertz CT molecular complexity index is 1210. The summed E-state index contributed by atoms with van der Waals surface area (Å²) < 4.78 is 11.6. The Hall–Kier alpha value is -3.32. The van der Waals surface area contributed by atoms with Crippen LogP contribution in [0.2, 0.25) is 0 Å². The highest BCUT2D eigenvalue weighted by Crippen LogP contribution is 2.42. The van der Waals surface area contributed by atoms with Crippen molar-refractivity contribution in [2.45, 2.75) is 46.2 Å². The predicted molar refractivity (Wildman–Crippen MR) is 127 cm³/mol. The van der Waals surface area contributed by atoms with Gasteiger partial charge in [-0.2, -0.15) is 0 Å². The molecule has 7 heteroatoms. The second-order valence-corrected chi connectivity index (χ2v) is 9.33. The summed E-state index contributed by atoms with van der Waals surface area (Å²) in [6.45, 7) is 8.57. The number of nitrogens with zero attached hydrogens (tertiary/aromatic N) is 1. The fourth-order valence-electron chi connectivity index (χ4n) is 4.10. The number of rotatable bonds is 7. The number of aliphatic hydroxyl groups is 1. The lowest BCUT2D eigenvalue weighted by Crippen LogP contribution is -2.28. The molecule has 0 bridgehead atoms. The number of aryl methyl sites for hydroxylation is 1. The summed E-state index contributed by atoms with van der Waals surface area (Å²) in [5.41, 5.74) is 1.41. The normalized spacial score (nSPS) is 17.8. The van der Waals surface area contributed by atoms with Gasteiger partial charge >= 0.3 is 0 Å². The average Bonchev–Trinajstić information content (AvgIpc) is 3.51. The molecule has 0 radical (unpaired) electrons. The molecule has 1 saturated heterocycles. The van der Waals surface area contributed by atoms with E-state index in [0.29, 0.717) is 23.7 Å². The van der Waals surface area contributed by atoms with Crippen molar-refractivity contribution in [3.05, 3.63) is 80.9 Å². The maximum absolute atomic E-state index is 13.2. The molecule has 1 N–H and O–H groups in total. The van der Waals surface area contributed by atoms with Crippen molar-refractivity contribution < 1.29 is 23.8 Å². The molecule has 4 rings (SSSR count). The molecule has 172 valence electrons. The van der Waals surface area contributed by atoms with Crippen LogP contribution >= 0.6 is 11.3 Å². The van der Waals surface area contributed by atoms with Crippen molar-refractivity contribution >= 4 is 28.8 Å². The van der Waals surface area contributed by atoms with E-state index in [1.54, 1.807) is 31.2 Å². The van der Waals surface area contributed by atoms with Gasteiger partial charge in [-0.1, -0.05) is 19.9 Å². The number of benzene rings is 1. The van der Waals surface area contributed by atoms with Gasteiger partial charge in [0.15, 0.2) is 0 Å². The maximum Gasteiger partial charge on any atom is 0.296 e. The number of carbonyl (C=O) groups excluding carboxylic acids is 2. The highest BCUT2D eigenvalue weighted by molar-refractivity contribution is 7.09. The van der Waals surface area contributed by atoms with Crippen molar-refractivity contribution in [2.75, 3.05) is 6.61 Å². The third-order valence-electron chi connectivity index (χ3n) is 5.68. The van der Waals surface area contributed by atoms with Crippen molar-refractivity contribution in [3.8, 4) is 5.75 Å². The quantitative estimate of drug-likeness (QED) is 0.271. The molecule has 0 spiro atoms. The van der Waals surface area contributed by atoms with Crippen LogP contribution in [0.25, 0.3) is 5.76 Å². The van der Waals surface area contributed by atoms with Gasteiger partial charge in [-0.15, -0.1) is 11.3 Å². The molecule has 3 aromatic rings. The number of furan rings is 1. The molecular weight excluding hydrogens is 438 g/mol. The Morgan fingerprint density at radius 1 is 1.21 bits per heavy atom. The number of thiophene rings is 1. The van der Waals surface area contributed by atoms with Crippen LogP contribution < -0.4 is 4.74 Å². The monoisotopic (exact) mass is 465 g/mol. The minimum atomic E-state index is -0.810. The van der Waals surface area contributed by atoms with Crippen LogP contribution in [0.15, 0.2) is 57.8 Å². The highest BCUT2D eigenvalue weighted by atomic mass is 32.1. The number of hydrogen-bond acceptors (Lipinski definition) is 6. The molecule has 0 aliphatic carbocycles. The zero-order valence-corrected chi connectivity index (χ0v) is 19.9. The molecule has 2 aromatic heterocycles. The molecule has 6 nitrogen and oxygen atoms in total. The first-order chi connectivity index (χ1) is 15.8. The molecule has 1 aliphatic heterocycles. The van der Waals surface area contributed by atoms with Crippen LogP contribution in [0.4, 0.5) is 0 Å². The molecule has 0 saturated carbocycles. The van der Waals surface area contributed by atoms with Gasteiger partial charge in [-0.25, -0.2) is 0 Å². The minimum Gasteiger partial charge on any atom is -0.507 e. The summed E-state index contributed by atoms with van der Waals surface area (Å²) in [5, 5.41) is 13.2. The molecule has 1 aromatic carbocycles. The van der Waals surface area contributed by atoms with Gasteiger partial charge in [0, 0.05) is 10.4 Å². The Morgan fingerprint density at radius 2 is 2.00 bits per heavy atom. The van der Waals surface area contributed by atoms with E-state index in [9.17, 15) is 14.7 Å². The zero-order chi connectivity index (χ0) is 23.7. The van der Waals surface area contributed by atoms with Crippen molar-refractivity contribution in [1.29, 1.82) is 0 Å². The number of ketones is 1. The summed E-state index contributed by atoms with van der Waals surface area (Å²) in [6, 6.07) is 11.9. The third kappa shape index (κ3) is 4.33. The van der Waals surface area contributed by atoms with Crippen LogP contribution in [-0.4, -0.2) is 28.3 Å². The van der Waals surface area contributed by atoms with E-state index in [1.807, 2.05) is 44.4 Å². The molecule has 1 fully saturated rings. The topological polar surface area (TPSA) is 80.0 Å². The van der Waals surface area contributed by atoms with Crippen LogP contribution in [-0.2, 0) is 16.1 Å². The summed E-state index contributed by atoms with van der Waals surface area (Å²) in [5.74, 6) is 0.396. The molecular formula is C26H27NO5S. The van der Waals surface area contributed by atoms with Gasteiger partial charge in [-0.3, -0.25) is 9.59 Å². The second kappa shape index (κ2) is 9.27. The fraction of sp³-hybridized carbons (Fsp3) is 0.308. The van der Waals surface area contributed by atoms with Crippen molar-refractivity contribution in [2.24, 2.45) is 0 Å². The van der Waals surface area contributed by atoms with Gasteiger partial charge in [-0.05, 0) is 67.1 Å². The van der Waals surface area contributed by atoms with Crippen LogP contribution in [0.5, 0.6) is 5.75 Å². The van der Waals surface area contributed by atoms with E-state index in [-0.39, 0.29) is 23.8 Å². The van der Waals surface area contributed by atoms with Gasteiger partial charge in [0.25, 0.3) is 11.7 Å². The maximum atomic E-state index is 13.2. The Labute approximate surface area is 197 Å². The van der Waals surface area contributed by atoms with Gasteiger partial charge in [0.05, 0.1) is 18.7 Å². The number of ether oxygens (including phenoxy) is 1. The highest BCUT2D eigenvalue weighted by Gasteiger charge is 2.47. The van der Waals surface area contributed by atoms with Crippen LogP contribution in [0.3, 0.4) is 0 Å². The van der Waals surface area contributed by atoms with E-state index in [4.69, 9.17) is 9.15 Å². The Morgan fingerprint density at radius 3 is 2.61 bits per heavy atom. The number of likely N-dealkylation sites (tertiary alicyclic amines) is 1. The van der Waals surface area contributed by atoms with Gasteiger partial charge in [0.1, 0.15) is 29.1 Å². The van der Waals surface area contributed by atoms with Crippen LogP contribution in [0.1, 0.15) is 60.3 Å². The summed E-state index contributed by atoms with van der Waals surface area (Å²) >= 11 is 1.50. The third-order valence-corrected chi connectivity index (χ3v) is 6.54. The Balaban J connectivity index is 1.85. The number of amides is 1. The van der Waals surface area contributed by atoms with E-state index in [1.165, 1.54) is 16.2 Å². The van der Waals surface area contributed by atoms with Gasteiger partial charge in [0.2, 0.25) is 0 Å². The standard InChI is InChI=1S/C26H27NO5S/c1-5-31-20-11-9-17(13-19(20)15(2)3)24(28)22-23(21-10-8-16(4)32-21)27(26(30)25(22)29)14-18-7-6-12-33-18/h6-13,15,23,28H,5,14H2,1-4H3/b24-22-. The van der Waals surface area contributed by atoms with Crippen molar-refractivity contribution in [1.82, 2.24) is 4.90 Å². The largest absolute Gasteiger partial charge is 0.507 e. The summed E-state index contributed by atoms with van der Waals surface area (Å²) in [7, 11) is 0. The molecule has 1 unspecified atom stereocenters. The number of Topliss-reactive ketones (excluding diaryl/α,β-unsaturated/α-hetero) is 1. The fourth-order valence-corrected chi connectivity index (χ4v) is 4.80. The summed E-state index contributed by atoms with van der Waals surface area (Å²) in [4.78, 5) is 28.6. The lowest BCUT2D eigenvalue weighted by Gasteiger charge is -2.23. The molecule has 33 heavy (non-hydrogen) atoms. The summed E-state index contributed by atoms with van der Waals surface area (Å²) in [6.07, 6.45) is 0. The minimum absolute atomic E-state index is 0.0322. The lowest BCUT2D eigenvalue weighted by atomic mass is 9.95. The first-order valence-corrected chi connectivity index (χ1v) is 11.8. The number of aliphatic hydroxyl groups excluding tert-OH is 1. The molecule has 3 heterocycles. The Kier molecular flexibility index (Phi) is 6.42. The van der Waals surface area contributed by atoms with Gasteiger partial charge < -0.3 is 19.2 Å². The second-order valence-electron chi connectivity index (χ2n) is 8.30. The average molecular weight is 466 g/mol.